The first kappa shape index (κ1) is 14.1. The fourth-order valence-corrected chi connectivity index (χ4v) is 3.04. The zero-order valence-electron chi connectivity index (χ0n) is 11.1. The highest BCUT2D eigenvalue weighted by Crippen LogP contribution is 2.33. The fraction of sp³-hybridized carbons (Fsp3) is 0.571. The molecule has 1 aliphatic carbocycles. The minimum absolute atomic E-state index is 0.0311. The summed E-state index contributed by atoms with van der Waals surface area (Å²) >= 11 is 6.03. The molecule has 0 bridgehead atoms. The molecule has 0 radical (unpaired) electrons. The molecule has 1 aromatic heterocycles. The summed E-state index contributed by atoms with van der Waals surface area (Å²) < 4.78 is 5.81. The number of rotatable bonds is 3. The van der Waals surface area contributed by atoms with E-state index >= 15 is 0 Å². The molecular formula is C14H18ClNO3. The topological polar surface area (TPSA) is 59.4 Å². The highest BCUT2D eigenvalue weighted by molar-refractivity contribution is 6.34. The van der Waals surface area contributed by atoms with Gasteiger partial charge in [0.1, 0.15) is 11.1 Å². The van der Waals surface area contributed by atoms with Gasteiger partial charge in [-0.15, -0.1) is 0 Å². The third-order valence-electron chi connectivity index (χ3n) is 3.50. The molecule has 4 nitrogen and oxygen atoms in total. The van der Waals surface area contributed by atoms with Crippen LogP contribution in [0.15, 0.2) is 12.3 Å². The molecule has 104 valence electrons. The van der Waals surface area contributed by atoms with Crippen molar-refractivity contribution < 1.29 is 14.6 Å². The molecule has 1 heterocycles. The number of aromatic nitrogens is 1. The Bertz CT molecular complexity index is 468. The van der Waals surface area contributed by atoms with Gasteiger partial charge in [-0.05, 0) is 37.2 Å². The van der Waals surface area contributed by atoms with Gasteiger partial charge in [0.05, 0.1) is 5.56 Å². The molecule has 2 unspecified atom stereocenters. The van der Waals surface area contributed by atoms with Crippen molar-refractivity contribution in [1.29, 1.82) is 0 Å². The van der Waals surface area contributed by atoms with E-state index in [2.05, 4.69) is 18.8 Å². The summed E-state index contributed by atoms with van der Waals surface area (Å²) in [7, 11) is 0. The average molecular weight is 284 g/mol. The Morgan fingerprint density at radius 2 is 2.00 bits per heavy atom. The van der Waals surface area contributed by atoms with Gasteiger partial charge >= 0.3 is 5.97 Å². The van der Waals surface area contributed by atoms with E-state index in [1.165, 1.54) is 18.7 Å². The maximum absolute atomic E-state index is 11.0. The lowest BCUT2D eigenvalue weighted by Gasteiger charge is -2.31. The zero-order valence-corrected chi connectivity index (χ0v) is 11.9. The van der Waals surface area contributed by atoms with E-state index < -0.39 is 5.97 Å². The van der Waals surface area contributed by atoms with E-state index in [1.807, 2.05) is 0 Å². The molecular weight excluding hydrogens is 266 g/mol. The molecule has 19 heavy (non-hydrogen) atoms. The van der Waals surface area contributed by atoms with Crippen molar-refractivity contribution in [2.75, 3.05) is 0 Å². The number of hydrogen-bond donors (Lipinski definition) is 1. The smallest absolute Gasteiger partial charge is 0.337 e. The Morgan fingerprint density at radius 3 is 2.58 bits per heavy atom. The molecule has 1 fully saturated rings. The van der Waals surface area contributed by atoms with Gasteiger partial charge in [-0.2, -0.15) is 0 Å². The third kappa shape index (κ3) is 3.38. The highest BCUT2D eigenvalue weighted by Gasteiger charge is 2.26. The summed E-state index contributed by atoms with van der Waals surface area (Å²) in [5.74, 6) is 0.376. The predicted octanol–water partition coefficient (Wildman–Crippen LogP) is 3.64. The summed E-state index contributed by atoms with van der Waals surface area (Å²) in [6, 6.07) is 1.38. The Balaban J connectivity index is 2.15. The second-order valence-electron chi connectivity index (χ2n) is 5.44. The third-order valence-corrected chi connectivity index (χ3v) is 3.87. The van der Waals surface area contributed by atoms with Crippen molar-refractivity contribution in [3.05, 3.63) is 22.8 Å². The van der Waals surface area contributed by atoms with Crippen LogP contribution in [0.4, 0.5) is 0 Å². The number of aromatic carboxylic acids is 1. The molecule has 2 rings (SSSR count). The van der Waals surface area contributed by atoms with E-state index in [0.29, 0.717) is 11.8 Å². The summed E-state index contributed by atoms with van der Waals surface area (Å²) in [5, 5.41) is 9.10. The van der Waals surface area contributed by atoms with Gasteiger partial charge < -0.3 is 9.84 Å². The van der Waals surface area contributed by atoms with Crippen molar-refractivity contribution in [3.8, 4) is 5.88 Å². The maximum atomic E-state index is 11.0. The van der Waals surface area contributed by atoms with Crippen molar-refractivity contribution in [3.63, 3.8) is 0 Å². The Hall–Kier alpha value is -1.29. The number of carboxylic acid groups (broad SMARTS) is 1. The summed E-state index contributed by atoms with van der Waals surface area (Å²) in [4.78, 5) is 15.1. The molecule has 0 aromatic carbocycles. The number of carboxylic acids is 1. The molecule has 0 saturated heterocycles. The number of pyridine rings is 1. The molecule has 1 saturated carbocycles. The lowest BCUT2D eigenvalue weighted by molar-refractivity contribution is 0.0693. The van der Waals surface area contributed by atoms with Crippen LogP contribution in [0.2, 0.25) is 5.02 Å². The minimum Gasteiger partial charge on any atom is -0.478 e. The first-order valence-corrected chi connectivity index (χ1v) is 6.89. The quantitative estimate of drug-likeness (QED) is 0.920. The van der Waals surface area contributed by atoms with Gasteiger partial charge in [0.2, 0.25) is 5.88 Å². The largest absolute Gasteiger partial charge is 0.478 e. The second kappa shape index (κ2) is 5.78. The van der Waals surface area contributed by atoms with Crippen molar-refractivity contribution >= 4 is 17.6 Å². The van der Waals surface area contributed by atoms with Crippen molar-refractivity contribution in [2.45, 2.75) is 39.2 Å². The SMILES string of the molecule is CC1CC(C)CC(Oc2nccc(C(=O)O)c2Cl)C1. The van der Waals surface area contributed by atoms with Crippen LogP contribution in [0.1, 0.15) is 43.5 Å². The monoisotopic (exact) mass is 283 g/mol. The van der Waals surface area contributed by atoms with E-state index in [1.54, 1.807) is 0 Å². The molecule has 0 amide bonds. The first-order chi connectivity index (χ1) is 8.97. The van der Waals surface area contributed by atoms with E-state index in [0.717, 1.165) is 12.8 Å². The lowest BCUT2D eigenvalue weighted by Crippen LogP contribution is -2.29. The van der Waals surface area contributed by atoms with Crippen LogP contribution in [0.3, 0.4) is 0 Å². The van der Waals surface area contributed by atoms with E-state index in [-0.39, 0.29) is 22.6 Å². The molecule has 5 heteroatoms. The normalized spacial score (nSPS) is 27.0. The van der Waals surface area contributed by atoms with Crippen LogP contribution in [0.5, 0.6) is 5.88 Å². The molecule has 1 aromatic rings. The van der Waals surface area contributed by atoms with Gasteiger partial charge in [0, 0.05) is 6.20 Å². The van der Waals surface area contributed by atoms with Gasteiger partial charge in [-0.1, -0.05) is 25.4 Å². The van der Waals surface area contributed by atoms with E-state index in [4.69, 9.17) is 21.4 Å². The van der Waals surface area contributed by atoms with Gasteiger partial charge in [-0.3, -0.25) is 0 Å². The molecule has 0 spiro atoms. The fourth-order valence-electron chi connectivity index (χ4n) is 2.80. The van der Waals surface area contributed by atoms with Crippen LogP contribution >= 0.6 is 11.6 Å². The summed E-state index contributed by atoms with van der Waals surface area (Å²) in [6.07, 6.45) is 4.60. The summed E-state index contributed by atoms with van der Waals surface area (Å²) in [5.41, 5.74) is 0.0311. The highest BCUT2D eigenvalue weighted by atomic mass is 35.5. The summed E-state index contributed by atoms with van der Waals surface area (Å²) in [6.45, 7) is 4.41. The van der Waals surface area contributed by atoms with Crippen LogP contribution < -0.4 is 4.74 Å². The van der Waals surface area contributed by atoms with Crippen LogP contribution in [0.25, 0.3) is 0 Å². The standard InChI is InChI=1S/C14H18ClNO3/c1-8-5-9(2)7-10(6-8)19-13-12(15)11(14(17)18)3-4-16-13/h3-4,8-10H,5-7H2,1-2H3,(H,17,18). The molecule has 1 aliphatic rings. The van der Waals surface area contributed by atoms with Crippen LogP contribution in [-0.2, 0) is 0 Å². The number of carbonyl (C=O) groups is 1. The lowest BCUT2D eigenvalue weighted by atomic mass is 9.82. The van der Waals surface area contributed by atoms with Gasteiger partial charge in [0.15, 0.2) is 0 Å². The minimum atomic E-state index is -1.07. The Labute approximate surface area is 117 Å². The van der Waals surface area contributed by atoms with Crippen LogP contribution in [-0.4, -0.2) is 22.2 Å². The number of hydrogen-bond acceptors (Lipinski definition) is 3. The Morgan fingerprint density at radius 1 is 1.37 bits per heavy atom. The van der Waals surface area contributed by atoms with E-state index in [9.17, 15) is 4.79 Å². The molecule has 0 aliphatic heterocycles. The zero-order chi connectivity index (χ0) is 14.0. The molecule has 1 N–H and O–H groups in total. The Kier molecular flexibility index (Phi) is 4.30. The van der Waals surface area contributed by atoms with Crippen LogP contribution in [0, 0.1) is 11.8 Å². The van der Waals surface area contributed by atoms with Gasteiger partial charge in [0.25, 0.3) is 0 Å². The van der Waals surface area contributed by atoms with Gasteiger partial charge in [-0.25, -0.2) is 9.78 Å². The number of ether oxygens (including phenoxy) is 1. The number of halogens is 1. The number of nitrogens with zero attached hydrogens (tertiary/aromatic N) is 1. The average Bonchev–Trinajstić information content (AvgIpc) is 2.30. The van der Waals surface area contributed by atoms with Crippen molar-refractivity contribution in [1.82, 2.24) is 4.98 Å². The van der Waals surface area contributed by atoms with Crippen molar-refractivity contribution in [2.24, 2.45) is 11.8 Å². The maximum Gasteiger partial charge on any atom is 0.337 e. The predicted molar refractivity (Wildman–Crippen MR) is 72.8 cm³/mol. The molecule has 2 atom stereocenters. The first-order valence-electron chi connectivity index (χ1n) is 6.51. The second-order valence-corrected chi connectivity index (χ2v) is 5.82.